The molecule has 1 nitrogen and oxygen atoms in total. The van der Waals surface area contributed by atoms with Crippen LogP contribution in [0, 0.1) is 5.92 Å². The van der Waals surface area contributed by atoms with E-state index in [2.05, 4.69) is 19.1 Å². The fraction of sp³-hybridized carbons (Fsp3) is 0.500. The smallest absolute Gasteiger partial charge is 0.0905 e. The molecule has 13 heavy (non-hydrogen) atoms. The van der Waals surface area contributed by atoms with E-state index in [0.29, 0.717) is 5.92 Å². The van der Waals surface area contributed by atoms with Crippen LogP contribution in [0.3, 0.4) is 0 Å². The van der Waals surface area contributed by atoms with Gasteiger partial charge in [0.2, 0.25) is 0 Å². The maximum absolute atomic E-state index is 9.35. The molecular weight excluding hydrogens is 160 g/mol. The Labute approximate surface area is 80.5 Å². The average Bonchev–Trinajstić information content (AvgIpc) is 2.11. The molecule has 1 heteroatoms. The Balaban J connectivity index is 2.50. The minimum absolute atomic E-state index is 0.408. The first kappa shape index (κ1) is 10.3. The van der Waals surface area contributed by atoms with Crippen LogP contribution in [0.5, 0.6) is 0 Å². The Hall–Kier alpha value is -0.820. The summed E-state index contributed by atoms with van der Waals surface area (Å²) < 4.78 is 0. The molecule has 0 unspecified atom stereocenters. The lowest BCUT2D eigenvalue weighted by Gasteiger charge is -2.08. The summed E-state index contributed by atoms with van der Waals surface area (Å²) in [5.41, 5.74) is 0. The molecule has 2 atom stereocenters. The van der Waals surface area contributed by atoms with Crippen molar-refractivity contribution < 1.29 is 5.11 Å². The monoisotopic (exact) mass is 178 g/mol. The Kier molecular flexibility index (Phi) is 4.55. The summed E-state index contributed by atoms with van der Waals surface area (Å²) in [5.74, 6) is 0.500. The first-order valence-electron chi connectivity index (χ1n) is 5.04. The molecule has 1 aliphatic rings. The zero-order valence-corrected chi connectivity index (χ0v) is 8.19. The summed E-state index contributed by atoms with van der Waals surface area (Å²) in [4.78, 5) is 0. The number of unbranched alkanes of at least 4 members (excludes halogenated alkanes) is 1. The zero-order valence-electron chi connectivity index (χ0n) is 8.19. The summed E-state index contributed by atoms with van der Waals surface area (Å²) >= 11 is 0. The Morgan fingerprint density at radius 3 is 2.62 bits per heavy atom. The molecule has 1 rings (SSSR count). The van der Waals surface area contributed by atoms with Crippen LogP contribution >= 0.6 is 0 Å². The summed E-state index contributed by atoms with van der Waals surface area (Å²) in [5, 5.41) is 9.35. The number of hydrogen-bond acceptors (Lipinski definition) is 1. The van der Waals surface area contributed by atoms with Gasteiger partial charge in [0.15, 0.2) is 0 Å². The Bertz CT molecular complexity index is 213. The number of rotatable bonds is 3. The Morgan fingerprint density at radius 2 is 1.85 bits per heavy atom. The van der Waals surface area contributed by atoms with Crippen LogP contribution in [0.15, 0.2) is 36.5 Å². The molecule has 0 radical (unpaired) electrons. The number of hydrogen-bond donors (Lipinski definition) is 1. The molecule has 0 aromatic rings. The first-order chi connectivity index (χ1) is 6.33. The molecule has 72 valence electrons. The minimum atomic E-state index is -0.408. The highest BCUT2D eigenvalue weighted by Gasteiger charge is 2.01. The minimum Gasteiger partial charge on any atom is -0.385 e. The number of aliphatic hydroxyl groups excluding tert-OH is 1. The standard InChI is InChI=1S/C12H18O/c1-2-3-6-11-7-4-5-8-12(13)10-9-11/h4-5,7-13H,2-3,6H2,1H3/b7-4-,8-5-,10-9-/t11-,12-/m1/s1. The van der Waals surface area contributed by atoms with Gasteiger partial charge < -0.3 is 5.11 Å². The van der Waals surface area contributed by atoms with Crippen LogP contribution in [-0.2, 0) is 0 Å². The van der Waals surface area contributed by atoms with Gasteiger partial charge >= 0.3 is 0 Å². The molecule has 0 aromatic carbocycles. The summed E-state index contributed by atoms with van der Waals surface area (Å²) in [7, 11) is 0. The van der Waals surface area contributed by atoms with Gasteiger partial charge in [-0.1, -0.05) is 56.2 Å². The average molecular weight is 178 g/mol. The molecule has 0 amide bonds. The van der Waals surface area contributed by atoms with Crippen molar-refractivity contribution in [2.75, 3.05) is 0 Å². The van der Waals surface area contributed by atoms with Gasteiger partial charge in [-0.3, -0.25) is 0 Å². The second-order valence-corrected chi connectivity index (χ2v) is 3.45. The highest BCUT2D eigenvalue weighted by Crippen LogP contribution is 2.13. The second-order valence-electron chi connectivity index (χ2n) is 3.45. The van der Waals surface area contributed by atoms with E-state index in [0.717, 1.165) is 0 Å². The molecule has 1 N–H and O–H groups in total. The van der Waals surface area contributed by atoms with Gasteiger partial charge in [-0.25, -0.2) is 0 Å². The Morgan fingerprint density at radius 1 is 1.08 bits per heavy atom. The van der Waals surface area contributed by atoms with E-state index < -0.39 is 6.10 Å². The lowest BCUT2D eigenvalue weighted by Crippen LogP contribution is -2.00. The van der Waals surface area contributed by atoms with Crippen molar-refractivity contribution in [3.8, 4) is 0 Å². The van der Waals surface area contributed by atoms with Crippen molar-refractivity contribution in [1.29, 1.82) is 0 Å². The van der Waals surface area contributed by atoms with E-state index in [-0.39, 0.29) is 0 Å². The van der Waals surface area contributed by atoms with E-state index >= 15 is 0 Å². The molecule has 0 heterocycles. The third-order valence-corrected chi connectivity index (χ3v) is 2.22. The van der Waals surface area contributed by atoms with Crippen molar-refractivity contribution >= 4 is 0 Å². The third-order valence-electron chi connectivity index (χ3n) is 2.22. The maximum Gasteiger partial charge on any atom is 0.0905 e. The van der Waals surface area contributed by atoms with Crippen LogP contribution in [0.2, 0.25) is 0 Å². The lowest BCUT2D eigenvalue weighted by atomic mass is 9.99. The largest absolute Gasteiger partial charge is 0.385 e. The number of allylic oxidation sites excluding steroid dienone is 4. The molecule has 0 saturated carbocycles. The van der Waals surface area contributed by atoms with E-state index in [1.807, 2.05) is 18.2 Å². The summed E-state index contributed by atoms with van der Waals surface area (Å²) in [6.07, 6.45) is 15.1. The SMILES string of the molecule is CCCC[C@@H]1/C=C\C=C/[C@@H](O)/C=C\1. The van der Waals surface area contributed by atoms with Gasteiger partial charge in [-0.05, 0) is 12.3 Å². The quantitative estimate of drug-likeness (QED) is 0.659. The molecule has 0 aliphatic heterocycles. The predicted molar refractivity (Wildman–Crippen MR) is 56.4 cm³/mol. The van der Waals surface area contributed by atoms with Gasteiger partial charge in [0.05, 0.1) is 6.10 Å². The van der Waals surface area contributed by atoms with Crippen LogP contribution in [0.25, 0.3) is 0 Å². The topological polar surface area (TPSA) is 20.2 Å². The van der Waals surface area contributed by atoms with Crippen molar-refractivity contribution in [3.05, 3.63) is 36.5 Å². The second kappa shape index (κ2) is 5.76. The van der Waals surface area contributed by atoms with Crippen LogP contribution in [0.1, 0.15) is 26.2 Å². The van der Waals surface area contributed by atoms with Crippen LogP contribution in [-0.4, -0.2) is 11.2 Å². The molecule has 0 aromatic heterocycles. The summed E-state index contributed by atoms with van der Waals surface area (Å²) in [6, 6.07) is 0. The third kappa shape index (κ3) is 4.09. The van der Waals surface area contributed by atoms with Crippen molar-refractivity contribution in [3.63, 3.8) is 0 Å². The molecular formula is C12H18O. The fourth-order valence-corrected chi connectivity index (χ4v) is 1.40. The molecule has 0 saturated heterocycles. The maximum atomic E-state index is 9.35. The fourth-order valence-electron chi connectivity index (χ4n) is 1.40. The lowest BCUT2D eigenvalue weighted by molar-refractivity contribution is 0.270. The van der Waals surface area contributed by atoms with E-state index in [9.17, 15) is 5.11 Å². The van der Waals surface area contributed by atoms with Crippen molar-refractivity contribution in [2.45, 2.75) is 32.3 Å². The zero-order chi connectivity index (χ0) is 9.52. The van der Waals surface area contributed by atoms with Crippen molar-refractivity contribution in [1.82, 2.24) is 0 Å². The van der Waals surface area contributed by atoms with Crippen LogP contribution in [0.4, 0.5) is 0 Å². The van der Waals surface area contributed by atoms with Crippen molar-refractivity contribution in [2.24, 2.45) is 5.92 Å². The van der Waals surface area contributed by atoms with E-state index in [4.69, 9.17) is 0 Å². The highest BCUT2D eigenvalue weighted by molar-refractivity contribution is 5.16. The van der Waals surface area contributed by atoms with E-state index in [1.54, 1.807) is 6.08 Å². The molecule has 0 bridgehead atoms. The first-order valence-corrected chi connectivity index (χ1v) is 5.04. The predicted octanol–water partition coefficient (Wildman–Crippen LogP) is 2.84. The van der Waals surface area contributed by atoms with Gasteiger partial charge in [-0.2, -0.15) is 0 Å². The molecule has 0 spiro atoms. The van der Waals surface area contributed by atoms with Gasteiger partial charge in [0, 0.05) is 0 Å². The normalized spacial score (nSPS) is 34.6. The van der Waals surface area contributed by atoms with Crippen LogP contribution < -0.4 is 0 Å². The van der Waals surface area contributed by atoms with E-state index in [1.165, 1.54) is 19.3 Å². The molecule has 0 fully saturated rings. The molecule has 1 aliphatic carbocycles. The highest BCUT2D eigenvalue weighted by atomic mass is 16.3. The van der Waals surface area contributed by atoms with Gasteiger partial charge in [-0.15, -0.1) is 0 Å². The van der Waals surface area contributed by atoms with Gasteiger partial charge in [0.25, 0.3) is 0 Å². The van der Waals surface area contributed by atoms with Gasteiger partial charge in [0.1, 0.15) is 0 Å². The number of aliphatic hydroxyl groups is 1. The summed E-state index contributed by atoms with van der Waals surface area (Å²) in [6.45, 7) is 2.20.